The molecule has 3 aromatic rings. The molecule has 0 fully saturated rings. The molecular weight excluding hydrogens is 336 g/mol. The predicted molar refractivity (Wildman–Crippen MR) is 79.0 cm³/mol. The molecule has 0 atom stereocenters. The highest BCUT2D eigenvalue weighted by molar-refractivity contribution is 9.10. The molecule has 3 heterocycles. The molecule has 0 saturated carbocycles. The van der Waals surface area contributed by atoms with Gasteiger partial charge in [0.15, 0.2) is 5.82 Å². The van der Waals surface area contributed by atoms with Gasteiger partial charge in [-0.3, -0.25) is 4.79 Å². The van der Waals surface area contributed by atoms with Crippen molar-refractivity contribution in [3.63, 3.8) is 0 Å². The minimum absolute atomic E-state index is 0.257. The van der Waals surface area contributed by atoms with E-state index in [0.717, 1.165) is 0 Å². The van der Waals surface area contributed by atoms with Crippen molar-refractivity contribution < 1.29 is 4.79 Å². The Bertz CT molecular complexity index is 774. The third-order valence-corrected chi connectivity index (χ3v) is 3.09. The number of rotatable bonds is 3. The number of carbonyl (C=O) groups is 1. The average Bonchev–Trinajstić information content (AvgIpc) is 3.02. The quantitative estimate of drug-likeness (QED) is 0.735. The average molecular weight is 345 g/mol. The first-order chi connectivity index (χ1) is 10.2. The van der Waals surface area contributed by atoms with Crippen molar-refractivity contribution in [3.8, 4) is 5.82 Å². The van der Waals surface area contributed by atoms with E-state index in [2.05, 4.69) is 41.3 Å². The van der Waals surface area contributed by atoms with Gasteiger partial charge in [0.25, 0.3) is 5.91 Å². The lowest BCUT2D eigenvalue weighted by Crippen LogP contribution is -2.14. The number of nitrogens with one attached hydrogen (secondary N) is 1. The van der Waals surface area contributed by atoms with Gasteiger partial charge in [-0.2, -0.15) is 5.10 Å². The number of hydrogen-bond donors (Lipinski definition) is 1. The molecule has 0 unspecified atom stereocenters. The van der Waals surface area contributed by atoms with E-state index < -0.39 is 0 Å². The Kier molecular flexibility index (Phi) is 3.69. The highest BCUT2D eigenvalue weighted by atomic mass is 79.9. The van der Waals surface area contributed by atoms with E-state index in [1.54, 1.807) is 36.7 Å². The number of pyridine rings is 2. The first-order valence-electron chi connectivity index (χ1n) is 5.97. The molecule has 0 aliphatic carbocycles. The zero-order chi connectivity index (χ0) is 14.7. The van der Waals surface area contributed by atoms with Crippen LogP contribution >= 0.6 is 15.9 Å². The molecule has 0 saturated heterocycles. The standard InChI is InChI=1S/C13H9BrN6O/c14-11-6-9(3-5-16-11)13(21)19-10-2-1-4-17-12(10)20-8-15-7-18-20/h1-8H,(H,19,21). The lowest BCUT2D eigenvalue weighted by molar-refractivity contribution is 0.102. The molecule has 3 aromatic heterocycles. The van der Waals surface area contributed by atoms with E-state index in [4.69, 9.17) is 0 Å². The summed E-state index contributed by atoms with van der Waals surface area (Å²) in [6.07, 6.45) is 6.09. The Morgan fingerprint density at radius 3 is 2.90 bits per heavy atom. The molecule has 1 amide bonds. The van der Waals surface area contributed by atoms with Gasteiger partial charge in [0.1, 0.15) is 17.3 Å². The minimum atomic E-state index is -0.257. The van der Waals surface area contributed by atoms with E-state index >= 15 is 0 Å². The van der Waals surface area contributed by atoms with Crippen LogP contribution in [0.3, 0.4) is 0 Å². The van der Waals surface area contributed by atoms with E-state index in [1.165, 1.54) is 17.3 Å². The van der Waals surface area contributed by atoms with E-state index in [-0.39, 0.29) is 5.91 Å². The van der Waals surface area contributed by atoms with Crippen molar-refractivity contribution in [2.75, 3.05) is 5.32 Å². The topological polar surface area (TPSA) is 85.6 Å². The van der Waals surface area contributed by atoms with Crippen LogP contribution in [0.1, 0.15) is 10.4 Å². The fraction of sp³-hybridized carbons (Fsp3) is 0. The molecule has 1 N–H and O–H groups in total. The molecule has 8 heteroatoms. The second-order valence-corrected chi connectivity index (χ2v) is 4.85. The first-order valence-corrected chi connectivity index (χ1v) is 6.76. The van der Waals surface area contributed by atoms with Crippen LogP contribution in [0.5, 0.6) is 0 Å². The van der Waals surface area contributed by atoms with Crippen molar-refractivity contribution in [3.05, 3.63) is 59.5 Å². The Hall–Kier alpha value is -2.61. The van der Waals surface area contributed by atoms with Crippen LogP contribution in [0.25, 0.3) is 5.82 Å². The van der Waals surface area contributed by atoms with Crippen molar-refractivity contribution in [1.29, 1.82) is 0 Å². The van der Waals surface area contributed by atoms with E-state index in [0.29, 0.717) is 21.7 Å². The smallest absolute Gasteiger partial charge is 0.255 e. The molecule has 0 bridgehead atoms. The Labute approximate surface area is 128 Å². The van der Waals surface area contributed by atoms with E-state index in [1.807, 2.05) is 0 Å². The maximum Gasteiger partial charge on any atom is 0.255 e. The Balaban J connectivity index is 1.90. The molecule has 0 aliphatic rings. The molecule has 7 nitrogen and oxygen atoms in total. The fourth-order valence-electron chi connectivity index (χ4n) is 1.73. The first kappa shape index (κ1) is 13.4. The van der Waals surface area contributed by atoms with Crippen molar-refractivity contribution in [2.45, 2.75) is 0 Å². The third kappa shape index (κ3) is 2.95. The van der Waals surface area contributed by atoms with Crippen LogP contribution in [-0.4, -0.2) is 30.6 Å². The second kappa shape index (κ2) is 5.80. The SMILES string of the molecule is O=C(Nc1cccnc1-n1cncn1)c1ccnc(Br)c1. The Morgan fingerprint density at radius 2 is 2.14 bits per heavy atom. The summed E-state index contributed by atoms with van der Waals surface area (Å²) in [6.45, 7) is 0. The lowest BCUT2D eigenvalue weighted by Gasteiger charge is -2.09. The van der Waals surface area contributed by atoms with Gasteiger partial charge in [-0.1, -0.05) is 0 Å². The number of nitrogens with zero attached hydrogens (tertiary/aromatic N) is 5. The molecule has 0 aromatic carbocycles. The largest absolute Gasteiger partial charge is 0.319 e. The van der Waals surface area contributed by atoms with Crippen molar-refractivity contribution in [1.82, 2.24) is 24.7 Å². The van der Waals surface area contributed by atoms with Gasteiger partial charge in [0, 0.05) is 18.0 Å². The van der Waals surface area contributed by atoms with Gasteiger partial charge < -0.3 is 5.32 Å². The molecule has 104 valence electrons. The number of aromatic nitrogens is 5. The number of anilines is 1. The van der Waals surface area contributed by atoms with Gasteiger partial charge in [0.05, 0.1) is 5.69 Å². The van der Waals surface area contributed by atoms with Crippen LogP contribution in [0.15, 0.2) is 53.9 Å². The molecule has 21 heavy (non-hydrogen) atoms. The summed E-state index contributed by atoms with van der Waals surface area (Å²) < 4.78 is 2.08. The van der Waals surface area contributed by atoms with Crippen molar-refractivity contribution >= 4 is 27.5 Å². The summed E-state index contributed by atoms with van der Waals surface area (Å²) in [6, 6.07) is 6.75. The van der Waals surface area contributed by atoms with Gasteiger partial charge >= 0.3 is 0 Å². The summed E-state index contributed by atoms with van der Waals surface area (Å²) in [5.41, 5.74) is 1.03. The number of hydrogen-bond acceptors (Lipinski definition) is 5. The third-order valence-electron chi connectivity index (χ3n) is 2.66. The second-order valence-electron chi connectivity index (χ2n) is 4.04. The minimum Gasteiger partial charge on any atom is -0.319 e. The summed E-state index contributed by atoms with van der Waals surface area (Å²) in [4.78, 5) is 24.3. The van der Waals surface area contributed by atoms with Crippen LogP contribution in [0.4, 0.5) is 5.69 Å². The predicted octanol–water partition coefficient (Wildman–Crippen LogP) is 2.07. The Morgan fingerprint density at radius 1 is 1.24 bits per heavy atom. The van der Waals surface area contributed by atoms with Crippen LogP contribution < -0.4 is 5.32 Å². The maximum atomic E-state index is 12.3. The maximum absolute atomic E-state index is 12.3. The molecule has 0 aliphatic heterocycles. The highest BCUT2D eigenvalue weighted by Crippen LogP contribution is 2.17. The molecule has 3 rings (SSSR count). The number of halogens is 1. The van der Waals surface area contributed by atoms with Crippen molar-refractivity contribution in [2.24, 2.45) is 0 Å². The molecular formula is C13H9BrN6O. The van der Waals surface area contributed by atoms with Crippen LogP contribution in [0, 0.1) is 0 Å². The monoisotopic (exact) mass is 344 g/mol. The summed E-state index contributed by atoms with van der Waals surface area (Å²) >= 11 is 3.24. The molecule has 0 spiro atoms. The lowest BCUT2D eigenvalue weighted by atomic mass is 10.2. The van der Waals surface area contributed by atoms with Crippen LogP contribution in [0.2, 0.25) is 0 Å². The number of carbonyl (C=O) groups excluding carboxylic acids is 1. The van der Waals surface area contributed by atoms with Gasteiger partial charge in [-0.05, 0) is 40.2 Å². The van der Waals surface area contributed by atoms with Crippen LogP contribution in [-0.2, 0) is 0 Å². The zero-order valence-electron chi connectivity index (χ0n) is 10.6. The summed E-state index contributed by atoms with van der Waals surface area (Å²) in [5.74, 6) is 0.240. The normalized spacial score (nSPS) is 10.3. The zero-order valence-corrected chi connectivity index (χ0v) is 12.2. The van der Waals surface area contributed by atoms with Gasteiger partial charge in [0.2, 0.25) is 0 Å². The fourth-order valence-corrected chi connectivity index (χ4v) is 2.10. The summed E-state index contributed by atoms with van der Waals surface area (Å²) in [7, 11) is 0. The highest BCUT2D eigenvalue weighted by Gasteiger charge is 2.11. The molecule has 0 radical (unpaired) electrons. The number of amides is 1. The van der Waals surface area contributed by atoms with Gasteiger partial charge in [-0.15, -0.1) is 0 Å². The summed E-state index contributed by atoms with van der Waals surface area (Å²) in [5, 5.41) is 6.82. The van der Waals surface area contributed by atoms with Gasteiger partial charge in [-0.25, -0.2) is 19.6 Å². The van der Waals surface area contributed by atoms with E-state index in [9.17, 15) is 4.79 Å².